The van der Waals surface area contributed by atoms with Gasteiger partial charge in [-0.1, -0.05) is 101 Å². The zero-order chi connectivity index (χ0) is 27.0. The highest BCUT2D eigenvalue weighted by Crippen LogP contribution is 2.27. The number of allylic oxidation sites excluding steroid dienone is 1. The fourth-order valence-electron chi connectivity index (χ4n) is 4.64. The number of carbonyl (C=O) groups excluding carboxylic acids is 1. The van der Waals surface area contributed by atoms with Crippen molar-refractivity contribution in [1.29, 1.82) is 0 Å². The van der Waals surface area contributed by atoms with Gasteiger partial charge >= 0.3 is 0 Å². The molecule has 4 nitrogen and oxygen atoms in total. The van der Waals surface area contributed by atoms with Crippen LogP contribution in [-0.4, -0.2) is 23.3 Å². The van der Waals surface area contributed by atoms with E-state index in [4.69, 9.17) is 16.3 Å². The van der Waals surface area contributed by atoms with Crippen LogP contribution in [0.2, 0.25) is 5.02 Å². The Morgan fingerprint density at radius 3 is 2.13 bits per heavy atom. The van der Waals surface area contributed by atoms with Gasteiger partial charge in [-0.25, -0.2) is 0 Å². The Hall–Kier alpha value is -2.11. The van der Waals surface area contributed by atoms with Crippen LogP contribution in [0, 0.1) is 0 Å². The van der Waals surface area contributed by atoms with E-state index < -0.39 is 0 Å². The number of carbonyl (C=O) groups is 1. The van der Waals surface area contributed by atoms with Crippen molar-refractivity contribution in [2.45, 2.75) is 97.4 Å². The number of rotatable bonds is 18. The first kappa shape index (κ1) is 30.4. The first-order valence-electron chi connectivity index (χ1n) is 14.4. The normalized spacial score (nSPS) is 13.0. The number of nitrogens with zero attached hydrogens (tertiary/aromatic N) is 1. The average molecular weight is 557 g/mol. The van der Waals surface area contributed by atoms with Crippen LogP contribution in [0.25, 0.3) is 0 Å². The minimum Gasteiger partial charge on any atom is -0.494 e. The lowest BCUT2D eigenvalue weighted by atomic mass is 10.1. The van der Waals surface area contributed by atoms with Crippen LogP contribution >= 0.6 is 23.4 Å². The lowest BCUT2D eigenvalue weighted by molar-refractivity contribution is 0.102. The van der Waals surface area contributed by atoms with E-state index in [1.807, 2.05) is 30.0 Å². The number of hydrogen-bond acceptors (Lipinski definition) is 4. The van der Waals surface area contributed by atoms with Gasteiger partial charge in [-0.2, -0.15) is 0 Å². The molecule has 6 heteroatoms. The average Bonchev–Trinajstić information content (AvgIpc) is 3.32. The molecule has 1 aliphatic heterocycles. The fourth-order valence-corrected chi connectivity index (χ4v) is 5.65. The maximum Gasteiger partial charge on any atom is 0.257 e. The van der Waals surface area contributed by atoms with Gasteiger partial charge in [0.15, 0.2) is 0 Å². The molecule has 0 unspecified atom stereocenters. The van der Waals surface area contributed by atoms with E-state index in [0.29, 0.717) is 22.9 Å². The number of halogens is 1. The van der Waals surface area contributed by atoms with E-state index in [9.17, 15) is 4.79 Å². The highest BCUT2D eigenvalue weighted by molar-refractivity contribution is 8.03. The van der Waals surface area contributed by atoms with Gasteiger partial charge in [0, 0.05) is 18.4 Å². The quantitative estimate of drug-likeness (QED) is 0.185. The van der Waals surface area contributed by atoms with Crippen molar-refractivity contribution in [2.75, 3.05) is 17.8 Å². The lowest BCUT2D eigenvalue weighted by Crippen LogP contribution is -2.14. The number of nitrogens with one attached hydrogen (secondary N) is 1. The summed E-state index contributed by atoms with van der Waals surface area (Å²) in [6.07, 6.45) is 18.1. The third kappa shape index (κ3) is 11.3. The molecule has 0 bridgehead atoms. The zero-order valence-corrected chi connectivity index (χ0v) is 24.8. The highest BCUT2D eigenvalue weighted by Gasteiger charge is 2.13. The van der Waals surface area contributed by atoms with Gasteiger partial charge in [-0.05, 0) is 54.1 Å². The standard InChI is InChI=1S/C32H45ClN2O2S/c1-3-4-5-6-7-8-9-10-11-12-13-14-21-37-29-19-20-30(31(33)22-29)32(36)34-28-17-15-27(16-18-28)24-35-23-26(2)38-25-35/h15-20,22-23H,3-14,21,24-25H2,1-2H3,(H,34,36). The van der Waals surface area contributed by atoms with Crippen molar-refractivity contribution in [1.82, 2.24) is 4.90 Å². The SMILES string of the molecule is CCCCCCCCCCCCCCOc1ccc(C(=O)Nc2ccc(CN3C=C(C)SC3)cc2)c(Cl)c1. The molecule has 0 atom stereocenters. The van der Waals surface area contributed by atoms with Crippen LogP contribution < -0.4 is 10.1 Å². The second kappa shape index (κ2) is 17.5. The number of hydrogen-bond donors (Lipinski definition) is 1. The van der Waals surface area contributed by atoms with E-state index in [1.54, 1.807) is 12.1 Å². The van der Waals surface area contributed by atoms with Crippen LogP contribution in [0.15, 0.2) is 53.6 Å². The number of amides is 1. The molecule has 3 rings (SSSR count). The smallest absolute Gasteiger partial charge is 0.257 e. The van der Waals surface area contributed by atoms with E-state index >= 15 is 0 Å². The summed E-state index contributed by atoms with van der Waals surface area (Å²) in [5, 5.41) is 3.35. The molecular formula is C32H45ClN2O2S. The van der Waals surface area contributed by atoms with Gasteiger partial charge in [0.05, 0.1) is 23.1 Å². The lowest BCUT2D eigenvalue weighted by Gasteiger charge is -2.15. The summed E-state index contributed by atoms with van der Waals surface area (Å²) in [4.78, 5) is 16.4. The molecule has 0 radical (unpaired) electrons. The first-order chi connectivity index (χ1) is 18.5. The molecule has 0 fully saturated rings. The van der Waals surface area contributed by atoms with Crippen LogP contribution in [0.3, 0.4) is 0 Å². The largest absolute Gasteiger partial charge is 0.494 e. The van der Waals surface area contributed by atoms with Gasteiger partial charge in [-0.3, -0.25) is 4.79 Å². The summed E-state index contributed by atoms with van der Waals surface area (Å²) in [5.74, 6) is 1.48. The third-order valence-corrected chi connectivity index (χ3v) is 8.21. The molecule has 0 saturated heterocycles. The molecule has 2 aromatic carbocycles. The van der Waals surface area contributed by atoms with Crippen molar-refractivity contribution in [3.8, 4) is 5.75 Å². The Balaban J connectivity index is 1.29. The molecular weight excluding hydrogens is 512 g/mol. The van der Waals surface area contributed by atoms with Gasteiger partial charge < -0.3 is 15.0 Å². The molecule has 38 heavy (non-hydrogen) atoms. The Labute approximate surface area is 239 Å². The molecule has 1 aliphatic rings. The van der Waals surface area contributed by atoms with Gasteiger partial charge in [0.2, 0.25) is 0 Å². The van der Waals surface area contributed by atoms with Crippen molar-refractivity contribution in [3.05, 3.63) is 69.7 Å². The molecule has 1 heterocycles. The zero-order valence-electron chi connectivity index (χ0n) is 23.3. The summed E-state index contributed by atoms with van der Waals surface area (Å²) in [6, 6.07) is 13.3. The minimum atomic E-state index is -0.218. The van der Waals surface area contributed by atoms with E-state index in [0.717, 1.165) is 24.5 Å². The summed E-state index contributed by atoms with van der Waals surface area (Å²) >= 11 is 8.28. The third-order valence-electron chi connectivity index (χ3n) is 6.87. The molecule has 0 aliphatic carbocycles. The maximum atomic E-state index is 12.8. The maximum absolute atomic E-state index is 12.8. The Morgan fingerprint density at radius 1 is 0.921 bits per heavy atom. The molecule has 0 saturated carbocycles. The minimum absolute atomic E-state index is 0.218. The topological polar surface area (TPSA) is 41.6 Å². The highest BCUT2D eigenvalue weighted by atomic mass is 35.5. The molecule has 1 N–H and O–H groups in total. The predicted molar refractivity (Wildman–Crippen MR) is 164 cm³/mol. The molecule has 0 aromatic heterocycles. The number of unbranched alkanes of at least 4 members (excludes halogenated alkanes) is 11. The van der Waals surface area contributed by atoms with Gasteiger partial charge in [-0.15, -0.1) is 11.8 Å². The molecule has 1 amide bonds. The monoisotopic (exact) mass is 556 g/mol. The Bertz CT molecular complexity index is 1010. The number of ether oxygens (including phenoxy) is 1. The summed E-state index contributed by atoms with van der Waals surface area (Å²) in [5.41, 5.74) is 2.41. The molecule has 2 aromatic rings. The van der Waals surface area contributed by atoms with E-state index in [-0.39, 0.29) is 5.91 Å². The van der Waals surface area contributed by atoms with Crippen molar-refractivity contribution >= 4 is 35.0 Å². The van der Waals surface area contributed by atoms with E-state index in [2.05, 4.69) is 42.4 Å². The number of anilines is 1. The van der Waals surface area contributed by atoms with Crippen molar-refractivity contribution in [2.24, 2.45) is 0 Å². The van der Waals surface area contributed by atoms with Gasteiger partial charge in [0.25, 0.3) is 5.91 Å². The molecule has 208 valence electrons. The second-order valence-electron chi connectivity index (χ2n) is 10.3. The first-order valence-corrected chi connectivity index (χ1v) is 15.8. The summed E-state index contributed by atoms with van der Waals surface area (Å²) < 4.78 is 5.88. The van der Waals surface area contributed by atoms with Crippen LogP contribution in [0.5, 0.6) is 5.75 Å². The number of thioether (sulfide) groups is 1. The summed E-state index contributed by atoms with van der Waals surface area (Å²) in [7, 11) is 0. The Morgan fingerprint density at radius 2 is 1.55 bits per heavy atom. The summed E-state index contributed by atoms with van der Waals surface area (Å²) in [6.45, 7) is 5.95. The fraction of sp³-hybridized carbons (Fsp3) is 0.531. The van der Waals surface area contributed by atoms with Crippen molar-refractivity contribution < 1.29 is 9.53 Å². The van der Waals surface area contributed by atoms with E-state index in [1.165, 1.54) is 81.1 Å². The Kier molecular flexibility index (Phi) is 14.0. The van der Waals surface area contributed by atoms with Gasteiger partial charge in [0.1, 0.15) is 5.75 Å². The predicted octanol–water partition coefficient (Wildman–Crippen LogP) is 10.0. The van der Waals surface area contributed by atoms with Crippen LogP contribution in [0.4, 0.5) is 5.69 Å². The second-order valence-corrected chi connectivity index (χ2v) is 11.9. The number of benzene rings is 2. The van der Waals surface area contributed by atoms with Crippen molar-refractivity contribution in [3.63, 3.8) is 0 Å². The molecule has 0 spiro atoms. The van der Waals surface area contributed by atoms with Crippen LogP contribution in [-0.2, 0) is 6.54 Å². The van der Waals surface area contributed by atoms with Crippen LogP contribution in [0.1, 0.15) is 107 Å².